The van der Waals surface area contributed by atoms with Crippen LogP contribution in [0.2, 0.25) is 5.02 Å². The van der Waals surface area contributed by atoms with E-state index in [1.807, 2.05) is 6.07 Å². The molecule has 200 valence electrons. The van der Waals surface area contributed by atoms with Gasteiger partial charge in [-0.15, -0.1) is 0 Å². The standard InChI is InChI=1S/C25H34ClN7O3S/c1-14(2)13-37(34,35)23(27)21(12-28-4)31-24-19(26)11-30-25(33-24)32-20-7-15(3)18(16-9-29-10-16)8-22(20)36-17-5-6-17/h7-8,11-12,14,16-17,27-29H,5-6,9-10,13H2,1-4H3,(H2,30,31,32,33)/b21-12+,27-23?. The van der Waals surface area contributed by atoms with E-state index in [4.69, 9.17) is 21.7 Å². The minimum atomic E-state index is -3.81. The Bertz CT molecular complexity index is 1310. The molecule has 0 radical (unpaired) electrons. The second-order valence-electron chi connectivity index (χ2n) is 9.87. The zero-order chi connectivity index (χ0) is 26.7. The zero-order valence-electron chi connectivity index (χ0n) is 21.5. The molecule has 2 aromatic rings. The van der Waals surface area contributed by atoms with E-state index in [2.05, 4.69) is 44.2 Å². The molecule has 0 atom stereocenters. The van der Waals surface area contributed by atoms with Gasteiger partial charge in [0.05, 0.1) is 29.4 Å². The molecule has 1 aliphatic carbocycles. The third kappa shape index (κ3) is 6.71. The molecular weight excluding hydrogens is 514 g/mol. The Morgan fingerprint density at radius 3 is 2.65 bits per heavy atom. The van der Waals surface area contributed by atoms with Crippen molar-refractivity contribution in [2.24, 2.45) is 5.92 Å². The summed E-state index contributed by atoms with van der Waals surface area (Å²) < 4.78 is 31.6. The Morgan fingerprint density at radius 2 is 2.05 bits per heavy atom. The lowest BCUT2D eigenvalue weighted by Crippen LogP contribution is -2.40. The monoisotopic (exact) mass is 547 g/mol. The maximum atomic E-state index is 12.7. The first kappa shape index (κ1) is 27.2. The van der Waals surface area contributed by atoms with Gasteiger partial charge in [0.25, 0.3) is 0 Å². The highest BCUT2D eigenvalue weighted by Gasteiger charge is 2.28. The van der Waals surface area contributed by atoms with Crippen LogP contribution in [0.15, 0.2) is 30.2 Å². The fourth-order valence-electron chi connectivity index (χ4n) is 3.97. The lowest BCUT2D eigenvalue weighted by atomic mass is 9.89. The molecule has 2 fully saturated rings. The Labute approximate surface area is 223 Å². The summed E-state index contributed by atoms with van der Waals surface area (Å²) in [5.41, 5.74) is 3.18. The molecule has 1 saturated heterocycles. The Hall–Kier alpha value is -2.89. The molecule has 0 amide bonds. The Kier molecular flexibility index (Phi) is 8.25. The van der Waals surface area contributed by atoms with Crippen LogP contribution in [0, 0.1) is 18.3 Å². The number of benzene rings is 1. The number of halogens is 1. The normalized spacial score (nSPS) is 16.3. The van der Waals surface area contributed by atoms with Crippen LogP contribution in [0.3, 0.4) is 0 Å². The van der Waals surface area contributed by atoms with E-state index in [0.29, 0.717) is 5.92 Å². The summed E-state index contributed by atoms with van der Waals surface area (Å²) in [5.74, 6) is 1.38. The van der Waals surface area contributed by atoms with Crippen molar-refractivity contribution in [1.29, 1.82) is 5.41 Å². The first-order chi connectivity index (χ1) is 17.6. The number of rotatable bonds is 11. The summed E-state index contributed by atoms with van der Waals surface area (Å²) >= 11 is 6.34. The van der Waals surface area contributed by atoms with Gasteiger partial charge in [0.15, 0.2) is 20.7 Å². The molecule has 1 aromatic carbocycles. The lowest BCUT2D eigenvalue weighted by Gasteiger charge is -2.29. The summed E-state index contributed by atoms with van der Waals surface area (Å²) in [6.45, 7) is 7.56. The smallest absolute Gasteiger partial charge is 0.229 e. The summed E-state index contributed by atoms with van der Waals surface area (Å²) in [4.78, 5) is 8.78. The van der Waals surface area contributed by atoms with E-state index in [0.717, 1.165) is 42.9 Å². The predicted octanol–water partition coefficient (Wildman–Crippen LogP) is 3.93. The van der Waals surface area contributed by atoms with Crippen LogP contribution >= 0.6 is 11.6 Å². The maximum absolute atomic E-state index is 12.7. The molecule has 5 N–H and O–H groups in total. The van der Waals surface area contributed by atoms with Crippen molar-refractivity contribution < 1.29 is 13.2 Å². The number of aryl methyl sites for hydroxylation is 1. The molecule has 12 heteroatoms. The first-order valence-electron chi connectivity index (χ1n) is 12.3. The second-order valence-corrected chi connectivity index (χ2v) is 12.2. The van der Waals surface area contributed by atoms with Gasteiger partial charge in [-0.1, -0.05) is 25.4 Å². The van der Waals surface area contributed by atoms with E-state index in [1.54, 1.807) is 20.9 Å². The molecule has 10 nitrogen and oxygen atoms in total. The molecule has 1 aliphatic heterocycles. The van der Waals surface area contributed by atoms with Crippen LogP contribution in [-0.2, 0) is 9.84 Å². The van der Waals surface area contributed by atoms with E-state index in [9.17, 15) is 8.42 Å². The zero-order valence-corrected chi connectivity index (χ0v) is 23.1. The number of sulfone groups is 1. The van der Waals surface area contributed by atoms with Gasteiger partial charge >= 0.3 is 0 Å². The molecular formula is C25H34ClN7O3S. The summed E-state index contributed by atoms with van der Waals surface area (Å²) in [6, 6.07) is 4.14. The number of anilines is 3. The Morgan fingerprint density at radius 1 is 1.32 bits per heavy atom. The van der Waals surface area contributed by atoms with Crippen molar-refractivity contribution in [3.63, 3.8) is 0 Å². The number of nitrogens with zero attached hydrogens (tertiary/aromatic N) is 2. The fraction of sp³-hybridized carbons (Fsp3) is 0.480. The third-order valence-electron chi connectivity index (χ3n) is 6.05. The molecule has 0 bridgehead atoms. The summed E-state index contributed by atoms with van der Waals surface area (Å²) in [6.07, 6.45) is 5.10. The summed E-state index contributed by atoms with van der Waals surface area (Å²) in [7, 11) is -2.19. The van der Waals surface area contributed by atoms with E-state index in [-0.39, 0.29) is 40.3 Å². The number of hydrogen-bond donors (Lipinski definition) is 5. The average Bonchev–Trinajstić information content (AvgIpc) is 3.60. The fourth-order valence-corrected chi connectivity index (χ4v) is 5.60. The van der Waals surface area contributed by atoms with E-state index < -0.39 is 14.9 Å². The van der Waals surface area contributed by atoms with Crippen molar-refractivity contribution in [3.8, 4) is 5.75 Å². The SMILES string of the molecule is CN/C=C(/Nc1nc(Nc2cc(C)c(C3CNC3)cc2OC2CC2)ncc1Cl)C(=N)S(=O)(=O)CC(C)C. The van der Waals surface area contributed by atoms with Crippen LogP contribution in [0.1, 0.15) is 43.7 Å². The molecule has 1 aromatic heterocycles. The van der Waals surface area contributed by atoms with E-state index in [1.165, 1.54) is 18.0 Å². The quantitative estimate of drug-likeness (QED) is 0.209. The summed E-state index contributed by atoms with van der Waals surface area (Å²) in [5, 5.41) is 20.2. The van der Waals surface area contributed by atoms with Crippen molar-refractivity contribution >= 4 is 43.9 Å². The molecule has 1 saturated carbocycles. The van der Waals surface area contributed by atoms with Crippen molar-refractivity contribution in [3.05, 3.63) is 46.4 Å². The largest absolute Gasteiger partial charge is 0.488 e. The highest BCUT2D eigenvalue weighted by Crippen LogP contribution is 2.38. The predicted molar refractivity (Wildman–Crippen MR) is 148 cm³/mol. The maximum Gasteiger partial charge on any atom is 0.229 e. The number of nitrogens with one attached hydrogen (secondary N) is 5. The molecule has 4 rings (SSSR count). The van der Waals surface area contributed by atoms with E-state index >= 15 is 0 Å². The van der Waals surface area contributed by atoms with Crippen molar-refractivity contribution in [1.82, 2.24) is 20.6 Å². The van der Waals surface area contributed by atoms with Crippen LogP contribution in [0.4, 0.5) is 17.5 Å². The van der Waals surface area contributed by atoms with Crippen LogP contribution in [0.25, 0.3) is 0 Å². The third-order valence-corrected chi connectivity index (χ3v) is 8.27. The molecule has 0 unspecified atom stereocenters. The van der Waals surface area contributed by atoms with Crippen LogP contribution in [-0.4, -0.2) is 55.4 Å². The van der Waals surface area contributed by atoms with Crippen LogP contribution in [0.5, 0.6) is 5.75 Å². The minimum absolute atomic E-state index is 0.0294. The van der Waals surface area contributed by atoms with Gasteiger partial charge in [0.1, 0.15) is 10.8 Å². The van der Waals surface area contributed by atoms with Gasteiger partial charge < -0.3 is 26.0 Å². The number of hydrogen-bond acceptors (Lipinski definition) is 10. The van der Waals surface area contributed by atoms with Crippen molar-refractivity contribution in [2.45, 2.75) is 45.6 Å². The number of aromatic nitrogens is 2. The average molecular weight is 548 g/mol. The minimum Gasteiger partial charge on any atom is -0.488 e. The molecule has 0 spiro atoms. The van der Waals surface area contributed by atoms with Crippen LogP contribution < -0.4 is 26.0 Å². The first-order valence-corrected chi connectivity index (χ1v) is 14.4. The van der Waals surface area contributed by atoms with Gasteiger partial charge in [0.2, 0.25) is 5.95 Å². The highest BCUT2D eigenvalue weighted by molar-refractivity contribution is 8.06. The molecule has 37 heavy (non-hydrogen) atoms. The van der Waals surface area contributed by atoms with Gasteiger partial charge in [-0.2, -0.15) is 4.98 Å². The van der Waals surface area contributed by atoms with Gasteiger partial charge in [-0.05, 0) is 48.9 Å². The topological polar surface area (TPSA) is 141 Å². The Balaban J connectivity index is 1.60. The van der Waals surface area contributed by atoms with Gasteiger partial charge in [-0.25, -0.2) is 13.4 Å². The van der Waals surface area contributed by atoms with Gasteiger partial charge in [0, 0.05) is 32.3 Å². The lowest BCUT2D eigenvalue weighted by molar-refractivity contribution is 0.303. The molecule has 2 heterocycles. The van der Waals surface area contributed by atoms with Crippen molar-refractivity contribution in [2.75, 3.05) is 36.5 Å². The van der Waals surface area contributed by atoms with Gasteiger partial charge in [-0.3, -0.25) is 5.41 Å². The number of ether oxygens (including phenoxy) is 1. The second kappa shape index (κ2) is 11.2. The highest BCUT2D eigenvalue weighted by atomic mass is 35.5. The molecule has 2 aliphatic rings.